The van der Waals surface area contributed by atoms with Crippen molar-refractivity contribution in [3.63, 3.8) is 0 Å². The zero-order valence-electron chi connectivity index (χ0n) is 14.2. The van der Waals surface area contributed by atoms with Crippen LogP contribution in [-0.4, -0.2) is 37.4 Å². The Labute approximate surface area is 144 Å². The number of likely N-dealkylation sites (N-methyl/N-ethyl adjacent to an activating group) is 1. The number of nitrogen functional groups attached to an aromatic ring is 1. The van der Waals surface area contributed by atoms with Gasteiger partial charge in [-0.25, -0.2) is 0 Å². The van der Waals surface area contributed by atoms with Crippen molar-refractivity contribution >= 4 is 11.5 Å². The van der Waals surface area contributed by atoms with E-state index < -0.39 is 0 Å². The fourth-order valence-corrected chi connectivity index (χ4v) is 2.61. The zero-order valence-corrected chi connectivity index (χ0v) is 14.2. The van der Waals surface area contributed by atoms with E-state index in [9.17, 15) is 4.79 Å². The summed E-state index contributed by atoms with van der Waals surface area (Å²) in [5.41, 5.74) is 10.0. The lowest BCUT2D eigenvalue weighted by Crippen LogP contribution is -2.32. The normalized spacial score (nSPS) is 10.8. The molecule has 4 nitrogen and oxygen atoms in total. The van der Waals surface area contributed by atoms with Crippen LogP contribution in [0.2, 0.25) is 0 Å². The minimum Gasteiger partial charge on any atom is -0.399 e. The summed E-state index contributed by atoms with van der Waals surface area (Å²) < 4.78 is 0. The molecule has 2 aromatic rings. The zero-order chi connectivity index (χ0) is 17.4. The van der Waals surface area contributed by atoms with Gasteiger partial charge in [0.25, 0.3) is 0 Å². The first-order valence-corrected chi connectivity index (χ1v) is 8.05. The molecule has 0 spiro atoms. The Kier molecular flexibility index (Phi) is 6.73. The number of ketones is 1. The third-order valence-corrected chi connectivity index (χ3v) is 3.66. The highest BCUT2D eigenvalue weighted by Gasteiger charge is 2.07. The van der Waals surface area contributed by atoms with Crippen LogP contribution < -0.4 is 11.1 Å². The predicted molar refractivity (Wildman–Crippen MR) is 101 cm³/mol. The van der Waals surface area contributed by atoms with Gasteiger partial charge in [-0.3, -0.25) is 9.69 Å². The second-order valence-electron chi connectivity index (χ2n) is 5.96. The molecule has 0 aliphatic rings. The minimum absolute atomic E-state index is 0.173. The number of hydrogen-bond donors (Lipinski definition) is 2. The van der Waals surface area contributed by atoms with Gasteiger partial charge in [0.15, 0.2) is 5.78 Å². The van der Waals surface area contributed by atoms with Crippen LogP contribution in [0.3, 0.4) is 0 Å². The van der Waals surface area contributed by atoms with Gasteiger partial charge in [-0.1, -0.05) is 36.4 Å². The van der Waals surface area contributed by atoms with E-state index >= 15 is 0 Å². The Hall–Kier alpha value is -2.43. The summed E-state index contributed by atoms with van der Waals surface area (Å²) in [6.45, 7) is 5.79. The van der Waals surface area contributed by atoms with Crippen molar-refractivity contribution in [2.24, 2.45) is 0 Å². The van der Waals surface area contributed by atoms with Crippen LogP contribution in [0.15, 0.2) is 61.2 Å². The molecule has 0 saturated carbocycles. The third-order valence-electron chi connectivity index (χ3n) is 3.66. The number of nitrogens with zero attached hydrogens (tertiary/aromatic N) is 1. The number of benzene rings is 2. The number of nitrogens with two attached hydrogens (primary N) is 1. The van der Waals surface area contributed by atoms with Gasteiger partial charge in [0.1, 0.15) is 0 Å². The summed E-state index contributed by atoms with van der Waals surface area (Å²) in [5.74, 6) is 0.173. The smallest absolute Gasteiger partial charge is 0.160 e. The van der Waals surface area contributed by atoms with Crippen LogP contribution in [0.5, 0.6) is 0 Å². The first kappa shape index (κ1) is 17.9. The van der Waals surface area contributed by atoms with Crippen LogP contribution in [0.25, 0.3) is 11.1 Å². The second-order valence-corrected chi connectivity index (χ2v) is 5.96. The number of anilines is 1. The van der Waals surface area contributed by atoms with Gasteiger partial charge in [0.2, 0.25) is 0 Å². The fraction of sp³-hybridized carbons (Fsp3) is 0.250. The summed E-state index contributed by atoms with van der Waals surface area (Å²) in [5, 5.41) is 3.03. The number of Topliss-reactive ketones (excluding diaryl/α,β-unsaturated/α-hetero) is 1. The van der Waals surface area contributed by atoms with E-state index in [1.54, 1.807) is 6.08 Å². The van der Waals surface area contributed by atoms with Crippen LogP contribution >= 0.6 is 0 Å². The molecule has 0 heterocycles. The average molecular weight is 323 g/mol. The maximum absolute atomic E-state index is 11.9. The fourth-order valence-electron chi connectivity index (χ4n) is 2.61. The molecule has 0 radical (unpaired) electrons. The maximum Gasteiger partial charge on any atom is 0.160 e. The molecule has 4 heteroatoms. The highest BCUT2D eigenvalue weighted by atomic mass is 16.1. The molecule has 0 fully saturated rings. The van der Waals surface area contributed by atoms with Crippen molar-refractivity contribution in [3.05, 3.63) is 66.7 Å². The molecule has 0 aliphatic carbocycles. The Balaban J connectivity index is 1.96. The SMILES string of the molecule is C=CCNCC(=O)CN(C)Cc1cccc(-c2cccc(N)c2)c1. The van der Waals surface area contributed by atoms with E-state index in [1.807, 2.05) is 42.3 Å². The highest BCUT2D eigenvalue weighted by Crippen LogP contribution is 2.22. The van der Waals surface area contributed by atoms with E-state index in [1.165, 1.54) is 5.56 Å². The molecule has 24 heavy (non-hydrogen) atoms. The molecule has 2 rings (SSSR count). The van der Waals surface area contributed by atoms with Gasteiger partial charge in [0.05, 0.1) is 13.1 Å². The Morgan fingerprint density at radius 1 is 1.21 bits per heavy atom. The van der Waals surface area contributed by atoms with E-state index in [0.29, 0.717) is 19.6 Å². The van der Waals surface area contributed by atoms with Crippen molar-refractivity contribution < 1.29 is 4.79 Å². The lowest BCUT2D eigenvalue weighted by Gasteiger charge is -2.16. The van der Waals surface area contributed by atoms with Gasteiger partial charge in [-0.15, -0.1) is 6.58 Å². The second kappa shape index (κ2) is 9.01. The molecule has 0 amide bonds. The Morgan fingerprint density at radius 3 is 2.62 bits per heavy atom. The van der Waals surface area contributed by atoms with E-state index in [4.69, 9.17) is 5.73 Å². The van der Waals surface area contributed by atoms with E-state index in [-0.39, 0.29) is 5.78 Å². The number of carbonyl (C=O) groups is 1. The molecular weight excluding hydrogens is 298 g/mol. The van der Waals surface area contributed by atoms with Crippen LogP contribution in [-0.2, 0) is 11.3 Å². The summed E-state index contributed by atoms with van der Waals surface area (Å²) in [4.78, 5) is 13.9. The molecule has 2 aromatic carbocycles. The van der Waals surface area contributed by atoms with Crippen molar-refractivity contribution in [2.75, 3.05) is 32.4 Å². The Bertz CT molecular complexity index is 697. The first-order valence-electron chi connectivity index (χ1n) is 8.05. The van der Waals surface area contributed by atoms with Gasteiger partial charge < -0.3 is 11.1 Å². The van der Waals surface area contributed by atoms with Crippen molar-refractivity contribution in [1.29, 1.82) is 0 Å². The Morgan fingerprint density at radius 2 is 1.92 bits per heavy atom. The molecule has 0 aromatic heterocycles. The molecule has 0 bridgehead atoms. The third kappa shape index (κ3) is 5.65. The number of hydrogen-bond acceptors (Lipinski definition) is 4. The van der Waals surface area contributed by atoms with Gasteiger partial charge >= 0.3 is 0 Å². The van der Waals surface area contributed by atoms with Gasteiger partial charge in [-0.05, 0) is 41.9 Å². The summed E-state index contributed by atoms with van der Waals surface area (Å²) in [7, 11) is 1.96. The topological polar surface area (TPSA) is 58.4 Å². The minimum atomic E-state index is 0.173. The lowest BCUT2D eigenvalue weighted by molar-refractivity contribution is -0.119. The molecule has 0 saturated heterocycles. The van der Waals surface area contributed by atoms with E-state index in [2.05, 4.69) is 30.1 Å². The summed E-state index contributed by atoms with van der Waals surface area (Å²) in [6.07, 6.45) is 1.75. The van der Waals surface area contributed by atoms with Crippen molar-refractivity contribution in [1.82, 2.24) is 10.2 Å². The van der Waals surface area contributed by atoms with E-state index in [0.717, 1.165) is 23.4 Å². The molecule has 0 unspecified atom stereocenters. The van der Waals surface area contributed by atoms with Crippen LogP contribution in [0.1, 0.15) is 5.56 Å². The van der Waals surface area contributed by atoms with Crippen molar-refractivity contribution in [3.8, 4) is 11.1 Å². The number of rotatable bonds is 9. The standard InChI is InChI=1S/C20H25N3O/c1-3-10-22-13-20(24)15-23(2)14-16-6-4-7-17(11-16)18-8-5-9-19(21)12-18/h3-9,11-12,22H,1,10,13-15,21H2,2H3. The molecule has 126 valence electrons. The number of nitrogens with one attached hydrogen (secondary N) is 1. The molecule has 0 aliphatic heterocycles. The summed E-state index contributed by atoms with van der Waals surface area (Å²) >= 11 is 0. The van der Waals surface area contributed by atoms with Gasteiger partial charge in [0, 0.05) is 18.8 Å². The highest BCUT2D eigenvalue weighted by molar-refractivity contribution is 5.82. The number of carbonyl (C=O) groups excluding carboxylic acids is 1. The molecule has 3 N–H and O–H groups in total. The quantitative estimate of drug-likeness (QED) is 0.423. The van der Waals surface area contributed by atoms with Gasteiger partial charge in [-0.2, -0.15) is 0 Å². The largest absolute Gasteiger partial charge is 0.399 e. The maximum atomic E-state index is 11.9. The lowest BCUT2D eigenvalue weighted by atomic mass is 10.0. The van der Waals surface area contributed by atoms with Crippen molar-refractivity contribution in [2.45, 2.75) is 6.54 Å². The molecule has 0 atom stereocenters. The monoisotopic (exact) mass is 323 g/mol. The average Bonchev–Trinajstić information content (AvgIpc) is 2.55. The predicted octanol–water partition coefficient (Wildman–Crippen LogP) is 2.71. The first-order chi connectivity index (χ1) is 11.6. The summed E-state index contributed by atoms with van der Waals surface area (Å²) in [6, 6.07) is 16.2. The van der Waals surface area contributed by atoms with Crippen LogP contribution in [0, 0.1) is 0 Å². The molecular formula is C20H25N3O. The van der Waals surface area contributed by atoms with Crippen LogP contribution in [0.4, 0.5) is 5.69 Å².